The molecule has 256 valence electrons. The lowest BCUT2D eigenvalue weighted by Gasteiger charge is -2.47. The van der Waals surface area contributed by atoms with Crippen molar-refractivity contribution in [3.8, 4) is 11.4 Å². The van der Waals surface area contributed by atoms with Crippen LogP contribution in [-0.2, 0) is 0 Å². The van der Waals surface area contributed by atoms with Gasteiger partial charge in [-0.2, -0.15) is 26.3 Å². The Balaban J connectivity index is 1.29. The summed E-state index contributed by atoms with van der Waals surface area (Å²) in [5.41, 5.74) is -0.727. The number of benzene rings is 1. The summed E-state index contributed by atoms with van der Waals surface area (Å²) in [6, 6.07) is 8.38. The molecule has 2 aromatic heterocycles. The number of hydrogen-bond acceptors (Lipinski definition) is 7. The van der Waals surface area contributed by atoms with Crippen LogP contribution in [0.2, 0.25) is 10.0 Å². The number of likely N-dealkylation sites (tertiary alicyclic amines) is 1. The quantitative estimate of drug-likeness (QED) is 0.286. The van der Waals surface area contributed by atoms with Crippen LogP contribution < -0.4 is 4.90 Å². The smallest absolute Gasteiger partial charge is 0.378 e. The molecule has 0 spiro atoms. The number of pyridine rings is 1. The number of carbonyl (C=O) groups is 1. The minimum atomic E-state index is -5.25. The van der Waals surface area contributed by atoms with Crippen LogP contribution in [0.25, 0.3) is 11.4 Å². The molecule has 0 saturated carbocycles. The summed E-state index contributed by atoms with van der Waals surface area (Å²) < 4.78 is 79.6. The van der Waals surface area contributed by atoms with E-state index in [1.807, 2.05) is 9.80 Å². The number of anilines is 1. The molecule has 0 bridgehead atoms. The third-order valence-electron chi connectivity index (χ3n) is 8.59. The van der Waals surface area contributed by atoms with E-state index < -0.39 is 36.2 Å². The van der Waals surface area contributed by atoms with Gasteiger partial charge in [-0.05, 0) is 49.6 Å². The second-order valence-corrected chi connectivity index (χ2v) is 12.4. The van der Waals surface area contributed by atoms with Crippen LogP contribution in [0.3, 0.4) is 0 Å². The Morgan fingerprint density at radius 2 is 1.66 bits per heavy atom. The van der Waals surface area contributed by atoms with Crippen molar-refractivity contribution in [2.45, 2.75) is 63.0 Å². The molecule has 2 fully saturated rings. The molecule has 2 unspecified atom stereocenters. The van der Waals surface area contributed by atoms with Crippen LogP contribution in [0, 0.1) is 0 Å². The molecule has 2 aliphatic heterocycles. The van der Waals surface area contributed by atoms with Crippen molar-refractivity contribution in [3.63, 3.8) is 0 Å². The Morgan fingerprint density at radius 3 is 2.23 bits per heavy atom. The molecular weight excluding hydrogens is 677 g/mol. The van der Waals surface area contributed by atoms with Gasteiger partial charge >= 0.3 is 12.4 Å². The highest BCUT2D eigenvalue weighted by Gasteiger charge is 2.45. The number of imidazole rings is 1. The maximum atomic E-state index is 13.4. The molecule has 47 heavy (non-hydrogen) atoms. The minimum Gasteiger partial charge on any atom is -0.378 e. The number of rotatable bonds is 7. The van der Waals surface area contributed by atoms with E-state index in [-0.39, 0.29) is 33.1 Å². The van der Waals surface area contributed by atoms with Crippen LogP contribution in [0.1, 0.15) is 54.6 Å². The maximum Gasteiger partial charge on any atom is 0.433 e. The fraction of sp³-hybridized carbons (Fsp3) is 0.500. The number of hydrogen-bond donors (Lipinski definition) is 2. The summed E-state index contributed by atoms with van der Waals surface area (Å²) >= 11 is 12.5. The zero-order chi connectivity index (χ0) is 34.3. The Labute approximate surface area is 276 Å². The molecule has 3 atom stereocenters. The molecule has 2 aliphatic rings. The summed E-state index contributed by atoms with van der Waals surface area (Å²) in [6.07, 6.45) is -13.1. The van der Waals surface area contributed by atoms with E-state index in [9.17, 15) is 41.4 Å². The van der Waals surface area contributed by atoms with Crippen molar-refractivity contribution in [1.29, 1.82) is 0 Å². The van der Waals surface area contributed by atoms with Crippen molar-refractivity contribution >= 4 is 34.9 Å². The topological polar surface area (TPSA) is 98.0 Å². The molecule has 0 aliphatic carbocycles. The van der Waals surface area contributed by atoms with E-state index in [0.29, 0.717) is 55.3 Å². The van der Waals surface area contributed by atoms with Gasteiger partial charge in [0.2, 0.25) is 6.23 Å². The number of carbonyl (C=O) groups excluding carboxylic acids is 1. The van der Waals surface area contributed by atoms with Crippen LogP contribution in [0.5, 0.6) is 0 Å². The summed E-state index contributed by atoms with van der Waals surface area (Å²) in [7, 11) is 0. The van der Waals surface area contributed by atoms with Crippen LogP contribution in [0.15, 0.2) is 42.7 Å². The number of halogens is 8. The first-order valence-corrected chi connectivity index (χ1v) is 15.6. The second-order valence-electron chi connectivity index (χ2n) is 11.6. The monoisotopic (exact) mass is 708 g/mol. The summed E-state index contributed by atoms with van der Waals surface area (Å²) in [6.45, 7) is 4.99. The third-order valence-corrected chi connectivity index (χ3v) is 9.12. The Morgan fingerprint density at radius 1 is 1.00 bits per heavy atom. The molecule has 1 aromatic carbocycles. The Kier molecular flexibility index (Phi) is 10.3. The van der Waals surface area contributed by atoms with E-state index in [1.54, 1.807) is 24.3 Å². The Bertz CT molecular complexity index is 1560. The van der Waals surface area contributed by atoms with Gasteiger partial charge in [0.05, 0.1) is 10.7 Å². The highest BCUT2D eigenvalue weighted by molar-refractivity contribution is 6.33. The lowest BCUT2D eigenvalue weighted by molar-refractivity contribution is -0.231. The molecule has 2 N–H and O–H groups in total. The zero-order valence-electron chi connectivity index (χ0n) is 25.0. The number of aromatic nitrogens is 3. The first-order valence-electron chi connectivity index (χ1n) is 14.9. The second kappa shape index (κ2) is 13.8. The lowest BCUT2D eigenvalue weighted by atomic mass is 9.97. The standard InChI is InChI=1S/C30H32Cl2F6N6O3/c1-2-20-15-42(11-12-43(20)21-7-9-41(10-8-21)27(46)17-3-5-19(31)6-4-17)26-22(32)13-18(14-39-26)25-40-23(24(45)29(33,34)35)16-44(25)28(47)30(36,37)38/h3-6,13-14,16,20-21,24,28,45,47H,2,7-12,15H2,1H3/t20-,24?,28?/m0/s1. The molecule has 2 saturated heterocycles. The molecule has 17 heteroatoms. The summed E-state index contributed by atoms with van der Waals surface area (Å²) in [5, 5.41) is 20.1. The number of nitrogens with zero attached hydrogens (tertiary/aromatic N) is 6. The summed E-state index contributed by atoms with van der Waals surface area (Å²) in [5.74, 6) is -0.405. The molecule has 1 amide bonds. The number of amides is 1. The SMILES string of the molecule is CC[C@H]1CN(c2ncc(-c3nc(C(O)C(F)(F)F)cn3C(O)C(F)(F)F)cc2Cl)CCN1C1CCN(C(=O)c2ccc(Cl)cc2)CC1. The van der Waals surface area contributed by atoms with Crippen LogP contribution in [0.4, 0.5) is 32.2 Å². The van der Waals surface area contributed by atoms with Crippen molar-refractivity contribution in [2.75, 3.05) is 37.6 Å². The average Bonchev–Trinajstić information content (AvgIpc) is 3.48. The minimum absolute atomic E-state index is 0.0220. The van der Waals surface area contributed by atoms with Gasteiger partial charge in [-0.25, -0.2) is 9.97 Å². The predicted molar refractivity (Wildman–Crippen MR) is 162 cm³/mol. The first-order chi connectivity index (χ1) is 22.1. The Hall–Kier alpha value is -3.11. The highest BCUT2D eigenvalue weighted by atomic mass is 35.5. The van der Waals surface area contributed by atoms with Crippen molar-refractivity contribution in [1.82, 2.24) is 24.3 Å². The summed E-state index contributed by atoms with van der Waals surface area (Å²) in [4.78, 5) is 27.1. The molecule has 5 rings (SSSR count). The third kappa shape index (κ3) is 7.64. The van der Waals surface area contributed by atoms with Gasteiger partial charge in [0, 0.05) is 73.4 Å². The average molecular weight is 710 g/mol. The van der Waals surface area contributed by atoms with E-state index in [0.717, 1.165) is 25.5 Å². The van der Waals surface area contributed by atoms with E-state index >= 15 is 0 Å². The van der Waals surface area contributed by atoms with Gasteiger partial charge < -0.3 is 20.0 Å². The van der Waals surface area contributed by atoms with Crippen molar-refractivity contribution in [3.05, 3.63) is 64.0 Å². The van der Waals surface area contributed by atoms with Gasteiger partial charge in [0.1, 0.15) is 11.6 Å². The van der Waals surface area contributed by atoms with Gasteiger partial charge in [0.15, 0.2) is 6.10 Å². The van der Waals surface area contributed by atoms with Crippen LogP contribution >= 0.6 is 23.2 Å². The zero-order valence-corrected chi connectivity index (χ0v) is 26.5. The fourth-order valence-electron chi connectivity index (χ4n) is 6.14. The fourth-order valence-corrected chi connectivity index (χ4v) is 6.55. The molecule has 3 aromatic rings. The molecule has 9 nitrogen and oxygen atoms in total. The van der Waals surface area contributed by atoms with Gasteiger partial charge in [-0.3, -0.25) is 14.3 Å². The van der Waals surface area contributed by atoms with Gasteiger partial charge in [-0.1, -0.05) is 30.1 Å². The van der Waals surface area contributed by atoms with Crippen molar-refractivity contribution < 1.29 is 41.4 Å². The molecule has 4 heterocycles. The number of alkyl halides is 6. The molecule has 0 radical (unpaired) electrons. The van der Waals surface area contributed by atoms with E-state index in [2.05, 4.69) is 21.8 Å². The highest BCUT2D eigenvalue weighted by Crippen LogP contribution is 2.38. The number of aliphatic hydroxyl groups is 2. The van der Waals surface area contributed by atoms with Gasteiger partial charge in [0.25, 0.3) is 5.91 Å². The van der Waals surface area contributed by atoms with Crippen molar-refractivity contribution in [2.24, 2.45) is 0 Å². The van der Waals surface area contributed by atoms with E-state index in [1.165, 1.54) is 6.07 Å². The largest absolute Gasteiger partial charge is 0.433 e. The van der Waals surface area contributed by atoms with Gasteiger partial charge in [-0.15, -0.1) is 0 Å². The van der Waals surface area contributed by atoms with Crippen LogP contribution in [-0.4, -0.2) is 97.6 Å². The van der Waals surface area contributed by atoms with E-state index in [4.69, 9.17) is 23.2 Å². The number of piperazine rings is 1. The lowest BCUT2D eigenvalue weighted by Crippen LogP contribution is -2.58. The molecular formula is C30H32Cl2F6N6O3. The predicted octanol–water partition coefficient (Wildman–Crippen LogP) is 6.11. The first kappa shape index (κ1) is 35.2. The number of aliphatic hydroxyl groups excluding tert-OH is 2. The number of piperidine rings is 1. The normalized spacial score (nSPS) is 20.0. The maximum absolute atomic E-state index is 13.4.